The molecule has 80 valence electrons. The van der Waals surface area contributed by atoms with E-state index < -0.39 is 0 Å². The summed E-state index contributed by atoms with van der Waals surface area (Å²) in [5.74, 6) is 0. The molecule has 0 saturated heterocycles. The average molecular weight is 265 g/mol. The van der Waals surface area contributed by atoms with Crippen LogP contribution in [0.15, 0.2) is 28.7 Å². The fourth-order valence-corrected chi connectivity index (χ4v) is 4.50. The summed E-state index contributed by atoms with van der Waals surface area (Å²) in [6.45, 7) is 9.32. The second-order valence-corrected chi connectivity index (χ2v) is 8.05. The van der Waals surface area contributed by atoms with Crippen molar-refractivity contribution in [2.24, 2.45) is 5.41 Å². The first-order chi connectivity index (χ1) is 6.98. The number of allylic oxidation sites excluding steroid dienone is 1. The van der Waals surface area contributed by atoms with E-state index in [9.17, 15) is 0 Å². The zero-order chi connectivity index (χ0) is 11.1. The van der Waals surface area contributed by atoms with Crippen molar-refractivity contribution in [3.05, 3.63) is 39.9 Å². The third-order valence-electron chi connectivity index (χ3n) is 2.76. The first-order valence-electron chi connectivity index (χ1n) is 5.46. The Kier molecular flexibility index (Phi) is 2.79. The molecule has 1 heterocycles. The summed E-state index contributed by atoms with van der Waals surface area (Å²) < 4.78 is 1.64. The van der Waals surface area contributed by atoms with Crippen molar-refractivity contribution in [2.45, 2.75) is 32.5 Å². The second kappa shape index (κ2) is 3.81. The molecule has 1 aromatic rings. The van der Waals surface area contributed by atoms with E-state index in [1.165, 1.54) is 11.1 Å². The van der Waals surface area contributed by atoms with Crippen molar-refractivity contribution < 1.29 is 0 Å². The van der Waals surface area contributed by atoms with Crippen LogP contribution >= 0.6 is 0 Å². The Bertz CT molecular complexity index is 396. The Morgan fingerprint density at radius 2 is 1.80 bits per heavy atom. The fraction of sp³-hybridized carbons (Fsp3) is 0.429. The van der Waals surface area contributed by atoms with Gasteiger partial charge in [-0.3, -0.25) is 0 Å². The van der Waals surface area contributed by atoms with Gasteiger partial charge in [0.1, 0.15) is 0 Å². The molecule has 0 N–H and O–H groups in total. The van der Waals surface area contributed by atoms with Crippen LogP contribution in [0, 0.1) is 5.41 Å². The van der Waals surface area contributed by atoms with E-state index in [4.69, 9.17) is 0 Å². The maximum atomic E-state index is 2.41. The number of rotatable bonds is 0. The van der Waals surface area contributed by atoms with Crippen molar-refractivity contribution in [2.75, 3.05) is 0 Å². The molecule has 0 radical (unpaired) electrons. The standard InChI is InChI=1S/C14H18Se/c1-10-12-8-6-5-7-11(12)9-13(15-10)14(2,3)4/h5-10H,1-4H3. The van der Waals surface area contributed by atoms with Crippen LogP contribution in [0.4, 0.5) is 0 Å². The van der Waals surface area contributed by atoms with Crippen molar-refractivity contribution >= 4 is 21.0 Å². The predicted molar refractivity (Wildman–Crippen MR) is 68.0 cm³/mol. The number of benzene rings is 1. The third kappa shape index (κ3) is 2.19. The molecule has 1 aromatic carbocycles. The minimum atomic E-state index is 0.335. The summed E-state index contributed by atoms with van der Waals surface area (Å²) in [6, 6.07) is 8.81. The molecule has 1 unspecified atom stereocenters. The molecule has 0 spiro atoms. The van der Waals surface area contributed by atoms with E-state index in [0.717, 1.165) is 4.82 Å². The normalized spacial score (nSPS) is 20.8. The molecule has 0 fully saturated rings. The zero-order valence-corrected chi connectivity index (χ0v) is 11.6. The van der Waals surface area contributed by atoms with Crippen molar-refractivity contribution in [1.29, 1.82) is 0 Å². The number of hydrogen-bond donors (Lipinski definition) is 0. The van der Waals surface area contributed by atoms with Crippen molar-refractivity contribution in [1.82, 2.24) is 0 Å². The van der Waals surface area contributed by atoms with E-state index in [2.05, 4.69) is 58.0 Å². The van der Waals surface area contributed by atoms with Crippen LogP contribution < -0.4 is 0 Å². The van der Waals surface area contributed by atoms with Gasteiger partial charge >= 0.3 is 98.8 Å². The van der Waals surface area contributed by atoms with E-state index in [-0.39, 0.29) is 0 Å². The van der Waals surface area contributed by atoms with Crippen LogP contribution in [-0.4, -0.2) is 15.0 Å². The maximum absolute atomic E-state index is 2.41. The summed E-state index contributed by atoms with van der Waals surface area (Å²) in [4.78, 5) is 0.730. The molecule has 0 aromatic heterocycles. The molecule has 0 amide bonds. The van der Waals surface area contributed by atoms with Crippen LogP contribution in [0.1, 0.15) is 43.6 Å². The van der Waals surface area contributed by atoms with Gasteiger partial charge in [0.25, 0.3) is 0 Å². The molecule has 0 nitrogen and oxygen atoms in total. The average Bonchev–Trinajstić information content (AvgIpc) is 2.16. The van der Waals surface area contributed by atoms with Gasteiger partial charge in [0.05, 0.1) is 0 Å². The van der Waals surface area contributed by atoms with E-state index in [1.54, 1.807) is 4.47 Å². The van der Waals surface area contributed by atoms with Crippen LogP contribution in [0.2, 0.25) is 0 Å². The molecule has 0 aliphatic carbocycles. The summed E-state index contributed by atoms with van der Waals surface area (Å²) >= 11 is 0.618. The fourth-order valence-electron chi connectivity index (χ4n) is 1.84. The van der Waals surface area contributed by atoms with Gasteiger partial charge in [0, 0.05) is 0 Å². The van der Waals surface area contributed by atoms with Gasteiger partial charge in [-0.05, 0) is 0 Å². The first kappa shape index (κ1) is 11.0. The van der Waals surface area contributed by atoms with Crippen LogP contribution in [0.5, 0.6) is 0 Å². The Labute approximate surface area is 98.9 Å². The summed E-state index contributed by atoms with van der Waals surface area (Å²) in [6.07, 6.45) is 2.41. The van der Waals surface area contributed by atoms with Gasteiger partial charge in [-0.25, -0.2) is 0 Å². The van der Waals surface area contributed by atoms with E-state index >= 15 is 0 Å². The van der Waals surface area contributed by atoms with Gasteiger partial charge in [-0.2, -0.15) is 0 Å². The monoisotopic (exact) mass is 266 g/mol. The van der Waals surface area contributed by atoms with Gasteiger partial charge in [0.2, 0.25) is 0 Å². The van der Waals surface area contributed by atoms with E-state index in [0.29, 0.717) is 20.4 Å². The molecule has 1 heteroatoms. The van der Waals surface area contributed by atoms with Gasteiger partial charge in [-0.1, -0.05) is 0 Å². The van der Waals surface area contributed by atoms with Gasteiger partial charge in [0.15, 0.2) is 0 Å². The first-order valence-corrected chi connectivity index (χ1v) is 7.31. The Hall–Kier alpha value is -0.521. The Morgan fingerprint density at radius 3 is 2.47 bits per heavy atom. The minimum absolute atomic E-state index is 0.335. The predicted octanol–water partition coefficient (Wildman–Crippen LogP) is 3.85. The van der Waals surface area contributed by atoms with Crippen LogP contribution in [0.3, 0.4) is 0 Å². The van der Waals surface area contributed by atoms with Gasteiger partial charge in [-0.15, -0.1) is 0 Å². The number of fused-ring (bicyclic) bond motifs is 1. The molecule has 1 aliphatic rings. The van der Waals surface area contributed by atoms with Crippen molar-refractivity contribution in [3.8, 4) is 0 Å². The Morgan fingerprint density at radius 1 is 1.13 bits per heavy atom. The topological polar surface area (TPSA) is 0 Å². The van der Waals surface area contributed by atoms with Crippen LogP contribution in [0.25, 0.3) is 6.08 Å². The molecule has 1 atom stereocenters. The van der Waals surface area contributed by atoms with Crippen LogP contribution in [-0.2, 0) is 0 Å². The zero-order valence-electron chi connectivity index (χ0n) is 9.87. The molecule has 1 aliphatic heterocycles. The summed E-state index contributed by atoms with van der Waals surface area (Å²) in [7, 11) is 0. The Balaban J connectivity index is 2.48. The second-order valence-electron chi connectivity index (χ2n) is 5.15. The molecule has 2 rings (SSSR count). The molecular weight excluding hydrogens is 247 g/mol. The molecule has 0 bridgehead atoms. The van der Waals surface area contributed by atoms with Crippen molar-refractivity contribution in [3.63, 3.8) is 0 Å². The summed E-state index contributed by atoms with van der Waals surface area (Å²) in [5.41, 5.74) is 3.30. The third-order valence-corrected chi connectivity index (χ3v) is 6.10. The molecule has 15 heavy (non-hydrogen) atoms. The quantitative estimate of drug-likeness (QED) is 0.625. The SMILES string of the molecule is CC1[Se]C(C(C)(C)C)=Cc2ccccc21. The summed E-state index contributed by atoms with van der Waals surface area (Å²) in [5, 5.41) is 0. The molecule has 0 saturated carbocycles. The van der Waals surface area contributed by atoms with Gasteiger partial charge < -0.3 is 0 Å². The molecular formula is C14H18Se. The van der Waals surface area contributed by atoms with E-state index in [1.807, 2.05) is 0 Å². The number of hydrogen-bond acceptors (Lipinski definition) is 0.